The van der Waals surface area contributed by atoms with Gasteiger partial charge in [0.05, 0.1) is 0 Å². The Hall–Kier alpha value is -2.43. The predicted molar refractivity (Wildman–Crippen MR) is 84.7 cm³/mol. The zero-order chi connectivity index (χ0) is 15.2. The maximum absolute atomic E-state index is 12.4. The van der Waals surface area contributed by atoms with Crippen LogP contribution < -0.4 is 10.6 Å². The fraction of sp³-hybridized carbons (Fsp3) is 0.312. The highest BCUT2D eigenvalue weighted by atomic mass is 16.1. The lowest BCUT2D eigenvalue weighted by atomic mass is 10.2. The Bertz CT molecular complexity index is 640. The number of rotatable bonds is 5. The molecule has 21 heavy (non-hydrogen) atoms. The number of hydrogen-bond acceptors (Lipinski definition) is 4. The lowest BCUT2D eigenvalue weighted by molar-refractivity contribution is 0.102. The van der Waals surface area contributed by atoms with Crippen LogP contribution >= 0.6 is 0 Å². The third kappa shape index (κ3) is 4.02. The molecule has 110 valence electrons. The van der Waals surface area contributed by atoms with Crippen molar-refractivity contribution in [1.29, 1.82) is 0 Å². The minimum absolute atomic E-state index is 0.144. The molecule has 0 aliphatic heterocycles. The van der Waals surface area contributed by atoms with E-state index >= 15 is 0 Å². The summed E-state index contributed by atoms with van der Waals surface area (Å²) in [5, 5.41) is 6.11. The summed E-state index contributed by atoms with van der Waals surface area (Å²) in [6, 6.07) is 5.34. The van der Waals surface area contributed by atoms with Crippen LogP contribution in [0, 0.1) is 13.8 Å². The topological polar surface area (TPSA) is 66.9 Å². The number of nitrogens with one attached hydrogen (secondary N) is 2. The van der Waals surface area contributed by atoms with Gasteiger partial charge in [-0.15, -0.1) is 0 Å². The first-order valence-electron chi connectivity index (χ1n) is 7.04. The van der Waals surface area contributed by atoms with Crippen molar-refractivity contribution in [2.75, 3.05) is 17.2 Å². The van der Waals surface area contributed by atoms with Gasteiger partial charge in [-0.2, -0.15) is 0 Å². The first-order valence-corrected chi connectivity index (χ1v) is 7.04. The van der Waals surface area contributed by atoms with E-state index < -0.39 is 0 Å². The minimum Gasteiger partial charge on any atom is -0.370 e. The van der Waals surface area contributed by atoms with Crippen molar-refractivity contribution in [3.8, 4) is 0 Å². The average Bonchev–Trinajstić information content (AvgIpc) is 2.47. The number of amides is 1. The summed E-state index contributed by atoms with van der Waals surface area (Å²) in [5.74, 6) is 0.586. The molecular weight excluding hydrogens is 264 g/mol. The standard InChI is InChI=1S/C16H20N4O/c1-4-6-18-15-9-13(8-12(3)19-15)16(21)20-14-5-7-17-10-11(14)2/h5,7-10H,4,6H2,1-3H3,(H,18,19)(H,17,20,21). The van der Waals surface area contributed by atoms with Gasteiger partial charge >= 0.3 is 0 Å². The highest BCUT2D eigenvalue weighted by Crippen LogP contribution is 2.15. The van der Waals surface area contributed by atoms with Gasteiger partial charge in [-0.1, -0.05) is 6.92 Å². The third-order valence-electron chi connectivity index (χ3n) is 3.04. The Morgan fingerprint density at radius 1 is 1.29 bits per heavy atom. The molecule has 0 bridgehead atoms. The monoisotopic (exact) mass is 284 g/mol. The van der Waals surface area contributed by atoms with E-state index in [1.807, 2.05) is 13.8 Å². The van der Waals surface area contributed by atoms with Crippen LogP contribution in [0.2, 0.25) is 0 Å². The molecule has 0 aliphatic carbocycles. The fourth-order valence-electron chi connectivity index (χ4n) is 1.95. The molecule has 0 aliphatic rings. The summed E-state index contributed by atoms with van der Waals surface area (Å²) in [4.78, 5) is 20.8. The number of aryl methyl sites for hydroxylation is 2. The zero-order valence-electron chi connectivity index (χ0n) is 12.6. The van der Waals surface area contributed by atoms with Crippen molar-refractivity contribution in [3.63, 3.8) is 0 Å². The lowest BCUT2D eigenvalue weighted by Gasteiger charge is -2.10. The Kier molecular flexibility index (Phi) is 4.87. The molecule has 1 amide bonds. The smallest absolute Gasteiger partial charge is 0.255 e. The molecule has 0 fully saturated rings. The highest BCUT2D eigenvalue weighted by molar-refractivity contribution is 6.05. The van der Waals surface area contributed by atoms with E-state index in [1.165, 1.54) is 0 Å². The molecule has 0 saturated heterocycles. The maximum Gasteiger partial charge on any atom is 0.255 e. The molecule has 0 aromatic carbocycles. The minimum atomic E-state index is -0.144. The first kappa shape index (κ1) is 15.0. The highest BCUT2D eigenvalue weighted by Gasteiger charge is 2.10. The predicted octanol–water partition coefficient (Wildman–Crippen LogP) is 3.17. The van der Waals surface area contributed by atoms with Gasteiger partial charge < -0.3 is 10.6 Å². The summed E-state index contributed by atoms with van der Waals surface area (Å²) in [5.41, 5.74) is 3.11. The van der Waals surface area contributed by atoms with Crippen LogP contribution in [-0.4, -0.2) is 22.4 Å². The van der Waals surface area contributed by atoms with E-state index in [0.717, 1.165) is 35.7 Å². The number of hydrogen-bond donors (Lipinski definition) is 2. The SMILES string of the molecule is CCCNc1cc(C(=O)Nc2ccncc2C)cc(C)n1. The van der Waals surface area contributed by atoms with Gasteiger partial charge in [0.25, 0.3) is 5.91 Å². The summed E-state index contributed by atoms with van der Waals surface area (Å²) in [6.07, 6.45) is 4.39. The van der Waals surface area contributed by atoms with Crippen molar-refractivity contribution in [1.82, 2.24) is 9.97 Å². The molecule has 2 rings (SSSR count). The lowest BCUT2D eigenvalue weighted by Crippen LogP contribution is -2.14. The quantitative estimate of drug-likeness (QED) is 0.885. The molecule has 0 atom stereocenters. The van der Waals surface area contributed by atoms with Gasteiger partial charge in [-0.05, 0) is 44.0 Å². The second-order valence-corrected chi connectivity index (χ2v) is 4.95. The number of pyridine rings is 2. The largest absolute Gasteiger partial charge is 0.370 e. The van der Waals surface area contributed by atoms with Crippen molar-refractivity contribution < 1.29 is 4.79 Å². The molecule has 2 N–H and O–H groups in total. The molecule has 0 saturated carbocycles. The molecule has 0 radical (unpaired) electrons. The molecule has 2 heterocycles. The maximum atomic E-state index is 12.4. The zero-order valence-corrected chi connectivity index (χ0v) is 12.6. The molecule has 0 unspecified atom stereocenters. The first-order chi connectivity index (χ1) is 10.1. The summed E-state index contributed by atoms with van der Waals surface area (Å²) >= 11 is 0. The van der Waals surface area contributed by atoms with Crippen molar-refractivity contribution in [2.24, 2.45) is 0 Å². The second-order valence-electron chi connectivity index (χ2n) is 4.95. The van der Waals surface area contributed by atoms with Crippen LogP contribution in [0.4, 0.5) is 11.5 Å². The van der Waals surface area contributed by atoms with Crippen LogP contribution in [0.15, 0.2) is 30.6 Å². The van der Waals surface area contributed by atoms with E-state index in [1.54, 1.807) is 30.6 Å². The van der Waals surface area contributed by atoms with E-state index in [2.05, 4.69) is 27.5 Å². The molecule has 5 heteroatoms. The van der Waals surface area contributed by atoms with Crippen molar-refractivity contribution >= 4 is 17.4 Å². The van der Waals surface area contributed by atoms with Crippen LogP contribution in [0.1, 0.15) is 35.0 Å². The van der Waals surface area contributed by atoms with Gasteiger partial charge in [0.1, 0.15) is 5.82 Å². The van der Waals surface area contributed by atoms with Crippen molar-refractivity contribution in [3.05, 3.63) is 47.4 Å². The molecule has 2 aromatic heterocycles. The Balaban J connectivity index is 2.19. The normalized spacial score (nSPS) is 10.2. The van der Waals surface area contributed by atoms with Gasteiger partial charge in [0, 0.05) is 35.9 Å². The Labute approximate surface area is 124 Å². The van der Waals surface area contributed by atoms with Crippen LogP contribution in [0.3, 0.4) is 0 Å². The molecule has 0 spiro atoms. The third-order valence-corrected chi connectivity index (χ3v) is 3.04. The summed E-state index contributed by atoms with van der Waals surface area (Å²) < 4.78 is 0. The summed E-state index contributed by atoms with van der Waals surface area (Å²) in [6.45, 7) is 6.71. The Morgan fingerprint density at radius 3 is 2.81 bits per heavy atom. The van der Waals surface area contributed by atoms with Crippen LogP contribution in [0.5, 0.6) is 0 Å². The summed E-state index contributed by atoms with van der Waals surface area (Å²) in [7, 11) is 0. The van der Waals surface area contributed by atoms with E-state index in [0.29, 0.717) is 5.56 Å². The molecule has 5 nitrogen and oxygen atoms in total. The van der Waals surface area contributed by atoms with Crippen LogP contribution in [-0.2, 0) is 0 Å². The van der Waals surface area contributed by atoms with E-state index in [9.17, 15) is 4.79 Å². The second kappa shape index (κ2) is 6.83. The average molecular weight is 284 g/mol. The van der Waals surface area contributed by atoms with E-state index in [4.69, 9.17) is 0 Å². The number of aromatic nitrogens is 2. The van der Waals surface area contributed by atoms with Gasteiger partial charge in [0.15, 0.2) is 0 Å². The Morgan fingerprint density at radius 2 is 2.10 bits per heavy atom. The van der Waals surface area contributed by atoms with Gasteiger partial charge in [-0.3, -0.25) is 9.78 Å². The van der Waals surface area contributed by atoms with Gasteiger partial charge in [-0.25, -0.2) is 4.98 Å². The fourth-order valence-corrected chi connectivity index (χ4v) is 1.95. The number of carbonyl (C=O) groups is 1. The number of carbonyl (C=O) groups excluding carboxylic acids is 1. The number of anilines is 2. The van der Waals surface area contributed by atoms with Crippen molar-refractivity contribution in [2.45, 2.75) is 27.2 Å². The number of nitrogens with zero attached hydrogens (tertiary/aromatic N) is 2. The van der Waals surface area contributed by atoms with Crippen LogP contribution in [0.25, 0.3) is 0 Å². The van der Waals surface area contributed by atoms with E-state index in [-0.39, 0.29) is 5.91 Å². The van der Waals surface area contributed by atoms with Gasteiger partial charge in [0.2, 0.25) is 0 Å². The molecular formula is C16H20N4O. The molecule has 2 aromatic rings.